The Hall–Kier alpha value is -2.33. The van der Waals surface area contributed by atoms with Gasteiger partial charge in [0.15, 0.2) is 0 Å². The molecule has 164 valence electrons. The Bertz CT molecular complexity index is 816. The van der Waals surface area contributed by atoms with Crippen LogP contribution in [0.3, 0.4) is 0 Å². The number of amides is 1. The average molecular weight is 417 g/mol. The minimum absolute atomic E-state index is 0.0463. The molecule has 7 heteroatoms. The number of nitriles is 1. The zero-order valence-electron chi connectivity index (χ0n) is 18.2. The van der Waals surface area contributed by atoms with Gasteiger partial charge in [-0.05, 0) is 49.3 Å². The summed E-state index contributed by atoms with van der Waals surface area (Å²) in [4.78, 5) is 13.8. The second-order valence-electron chi connectivity index (χ2n) is 9.68. The lowest BCUT2D eigenvalue weighted by atomic mass is 9.62. The molecular weight excluding hydrogens is 383 g/mol. The summed E-state index contributed by atoms with van der Waals surface area (Å²) in [5.41, 5.74) is 0.0864. The Labute approximate surface area is 178 Å². The van der Waals surface area contributed by atoms with Crippen molar-refractivity contribution in [2.24, 2.45) is 5.41 Å². The standard InChI is InChI=1S/C23H33FN4O2/c1-22(2,3)23(27-21(29)30)11-5-4-8-20(23)26-17-7-6-12-28(15-17)18-10-9-16(14-25)19(24)13-18/h9-10,13,17,20,26-27H,4-8,11-12,15H2,1-3H3,(H,29,30). The molecule has 1 saturated heterocycles. The fourth-order valence-corrected chi connectivity index (χ4v) is 5.25. The lowest BCUT2D eigenvalue weighted by Gasteiger charge is -2.54. The highest BCUT2D eigenvalue weighted by Crippen LogP contribution is 2.42. The monoisotopic (exact) mass is 416 g/mol. The van der Waals surface area contributed by atoms with E-state index in [1.165, 1.54) is 12.1 Å². The van der Waals surface area contributed by atoms with Crippen LogP contribution >= 0.6 is 0 Å². The number of halogens is 1. The normalized spacial score (nSPS) is 27.4. The lowest BCUT2D eigenvalue weighted by molar-refractivity contribution is 0.0451. The van der Waals surface area contributed by atoms with E-state index in [2.05, 4.69) is 36.3 Å². The number of rotatable bonds is 4. The van der Waals surface area contributed by atoms with Crippen LogP contribution in [0.1, 0.15) is 64.9 Å². The summed E-state index contributed by atoms with van der Waals surface area (Å²) in [5.74, 6) is -0.491. The SMILES string of the molecule is CC(C)(C)C1(NC(=O)O)CCCCC1NC1CCCN(c2ccc(C#N)c(F)c2)C1. The third-order valence-electron chi connectivity index (χ3n) is 6.87. The van der Waals surface area contributed by atoms with Gasteiger partial charge < -0.3 is 20.6 Å². The fourth-order valence-electron chi connectivity index (χ4n) is 5.25. The van der Waals surface area contributed by atoms with Crippen LogP contribution in [0.25, 0.3) is 0 Å². The summed E-state index contributed by atoms with van der Waals surface area (Å²) in [5, 5.41) is 25.2. The van der Waals surface area contributed by atoms with Crippen molar-refractivity contribution < 1.29 is 14.3 Å². The van der Waals surface area contributed by atoms with Crippen molar-refractivity contribution in [3.05, 3.63) is 29.6 Å². The molecule has 0 spiro atoms. The molecule has 3 unspecified atom stereocenters. The molecule has 3 N–H and O–H groups in total. The average Bonchev–Trinajstić information content (AvgIpc) is 2.68. The van der Waals surface area contributed by atoms with E-state index in [-0.39, 0.29) is 23.1 Å². The molecule has 2 fully saturated rings. The number of hydrogen-bond acceptors (Lipinski definition) is 4. The van der Waals surface area contributed by atoms with Gasteiger partial charge in [-0.15, -0.1) is 0 Å². The van der Waals surface area contributed by atoms with Crippen molar-refractivity contribution in [3.63, 3.8) is 0 Å². The molecule has 30 heavy (non-hydrogen) atoms. The first-order chi connectivity index (χ1) is 14.2. The third-order valence-corrected chi connectivity index (χ3v) is 6.87. The summed E-state index contributed by atoms with van der Waals surface area (Å²) in [6, 6.07) is 6.88. The Morgan fingerprint density at radius 2 is 2.07 bits per heavy atom. The first-order valence-electron chi connectivity index (χ1n) is 10.9. The minimum atomic E-state index is -0.975. The van der Waals surface area contributed by atoms with E-state index >= 15 is 0 Å². The summed E-state index contributed by atoms with van der Waals surface area (Å²) in [6.07, 6.45) is 4.83. The number of carbonyl (C=O) groups is 1. The van der Waals surface area contributed by atoms with Gasteiger partial charge in [0.2, 0.25) is 0 Å². The van der Waals surface area contributed by atoms with Crippen LogP contribution in [0.15, 0.2) is 18.2 Å². The van der Waals surface area contributed by atoms with Gasteiger partial charge >= 0.3 is 6.09 Å². The maximum atomic E-state index is 14.1. The molecule has 3 rings (SSSR count). The Kier molecular flexibility index (Phi) is 6.56. The molecule has 1 heterocycles. The summed E-state index contributed by atoms with van der Waals surface area (Å²) < 4.78 is 14.1. The number of nitrogens with zero attached hydrogens (tertiary/aromatic N) is 2. The van der Waals surface area contributed by atoms with Crippen LogP contribution in [0.5, 0.6) is 0 Å². The molecule has 1 aliphatic heterocycles. The number of nitrogens with one attached hydrogen (secondary N) is 2. The van der Waals surface area contributed by atoms with Gasteiger partial charge in [-0.25, -0.2) is 9.18 Å². The summed E-state index contributed by atoms with van der Waals surface area (Å²) >= 11 is 0. The highest BCUT2D eigenvalue weighted by molar-refractivity contribution is 5.66. The zero-order valence-corrected chi connectivity index (χ0v) is 18.2. The van der Waals surface area contributed by atoms with Gasteiger partial charge in [0.25, 0.3) is 0 Å². The van der Waals surface area contributed by atoms with Crippen molar-refractivity contribution in [2.45, 2.75) is 76.9 Å². The maximum absolute atomic E-state index is 14.1. The van der Waals surface area contributed by atoms with Gasteiger partial charge in [0.05, 0.1) is 11.1 Å². The molecule has 3 atom stereocenters. The Balaban J connectivity index is 1.77. The highest BCUT2D eigenvalue weighted by atomic mass is 19.1. The van der Waals surface area contributed by atoms with E-state index in [1.807, 2.05) is 6.07 Å². The third kappa shape index (κ3) is 4.54. The van der Waals surface area contributed by atoms with Crippen molar-refractivity contribution in [1.82, 2.24) is 10.6 Å². The summed E-state index contributed by atoms with van der Waals surface area (Å²) in [6.45, 7) is 7.89. The predicted molar refractivity (Wildman–Crippen MR) is 115 cm³/mol. The smallest absolute Gasteiger partial charge is 0.405 e. The number of piperidine rings is 1. The van der Waals surface area contributed by atoms with Gasteiger partial charge in [0.1, 0.15) is 11.9 Å². The van der Waals surface area contributed by atoms with E-state index in [9.17, 15) is 14.3 Å². The quantitative estimate of drug-likeness (QED) is 0.683. The number of hydrogen-bond donors (Lipinski definition) is 3. The minimum Gasteiger partial charge on any atom is -0.465 e. The van der Waals surface area contributed by atoms with E-state index in [4.69, 9.17) is 5.26 Å². The Morgan fingerprint density at radius 3 is 2.70 bits per heavy atom. The van der Waals surface area contributed by atoms with Crippen LogP contribution in [-0.2, 0) is 0 Å². The summed E-state index contributed by atoms with van der Waals surface area (Å²) in [7, 11) is 0. The van der Waals surface area contributed by atoms with Crippen molar-refractivity contribution in [1.29, 1.82) is 5.26 Å². The molecule has 1 amide bonds. The highest BCUT2D eigenvalue weighted by Gasteiger charge is 2.50. The van der Waals surface area contributed by atoms with Crippen molar-refractivity contribution >= 4 is 11.8 Å². The van der Waals surface area contributed by atoms with Crippen LogP contribution in [-0.4, -0.2) is 41.9 Å². The molecule has 1 aliphatic carbocycles. The van der Waals surface area contributed by atoms with Gasteiger partial charge in [-0.2, -0.15) is 5.26 Å². The molecule has 1 saturated carbocycles. The topological polar surface area (TPSA) is 88.4 Å². The molecule has 0 radical (unpaired) electrons. The first kappa shape index (κ1) is 22.4. The molecule has 1 aromatic rings. The van der Waals surface area contributed by atoms with Crippen LogP contribution in [0, 0.1) is 22.6 Å². The maximum Gasteiger partial charge on any atom is 0.405 e. The largest absolute Gasteiger partial charge is 0.465 e. The van der Waals surface area contributed by atoms with E-state index in [1.54, 1.807) is 6.07 Å². The fraction of sp³-hybridized carbons (Fsp3) is 0.652. The van der Waals surface area contributed by atoms with Crippen molar-refractivity contribution in [3.8, 4) is 6.07 Å². The number of anilines is 1. The molecule has 1 aromatic carbocycles. The molecule has 0 aromatic heterocycles. The lowest BCUT2D eigenvalue weighted by Crippen LogP contribution is -2.70. The Morgan fingerprint density at radius 1 is 1.30 bits per heavy atom. The zero-order chi connectivity index (χ0) is 21.9. The molecule has 0 bridgehead atoms. The number of benzene rings is 1. The molecular formula is C23H33FN4O2. The van der Waals surface area contributed by atoms with E-state index in [0.717, 1.165) is 57.3 Å². The van der Waals surface area contributed by atoms with Gasteiger partial charge in [-0.3, -0.25) is 0 Å². The number of carboxylic acid groups (broad SMARTS) is 1. The van der Waals surface area contributed by atoms with Gasteiger partial charge in [0, 0.05) is 30.9 Å². The van der Waals surface area contributed by atoms with E-state index in [0.29, 0.717) is 0 Å². The second-order valence-corrected chi connectivity index (χ2v) is 9.68. The first-order valence-corrected chi connectivity index (χ1v) is 10.9. The molecule has 2 aliphatic rings. The van der Waals surface area contributed by atoms with Gasteiger partial charge in [-0.1, -0.05) is 33.6 Å². The second kappa shape index (κ2) is 8.81. The predicted octanol–water partition coefficient (Wildman–Crippen LogP) is 4.25. The van der Waals surface area contributed by atoms with Crippen LogP contribution in [0.4, 0.5) is 14.9 Å². The molecule has 6 nitrogen and oxygen atoms in total. The van der Waals surface area contributed by atoms with Crippen LogP contribution in [0.2, 0.25) is 0 Å². The van der Waals surface area contributed by atoms with Crippen LogP contribution < -0.4 is 15.5 Å². The van der Waals surface area contributed by atoms with E-state index < -0.39 is 17.4 Å². The van der Waals surface area contributed by atoms with Crippen molar-refractivity contribution in [2.75, 3.05) is 18.0 Å².